The number of carbonyl (C=O) groups is 5. The van der Waals surface area contributed by atoms with Gasteiger partial charge in [0, 0.05) is 87.0 Å². The van der Waals surface area contributed by atoms with Crippen molar-refractivity contribution in [3.63, 3.8) is 0 Å². The van der Waals surface area contributed by atoms with E-state index in [0.29, 0.717) is 46.0 Å². The fraction of sp³-hybridized carbons (Fsp3) is 0.392. The molecule has 0 radical (unpaired) electrons. The van der Waals surface area contributed by atoms with E-state index in [4.69, 9.17) is 0 Å². The first-order valence-electron chi connectivity index (χ1n) is 23.3. The van der Waals surface area contributed by atoms with Crippen molar-refractivity contribution in [1.82, 2.24) is 24.7 Å². The second-order valence-electron chi connectivity index (χ2n) is 19.9. The molecule has 354 valence electrons. The summed E-state index contributed by atoms with van der Waals surface area (Å²) in [5.41, 5.74) is 1.48. The number of hydrogen-bond donors (Lipinski definition) is 1. The number of nitrogens with zero attached hydrogens (tertiary/aromatic N) is 8. The van der Waals surface area contributed by atoms with Crippen molar-refractivity contribution in [2.24, 2.45) is 11.3 Å². The SMILES string of the molecule is CCn1c2c(c3ccc(N4CCC5(CC4)CN(CC4CN(c6ccc(-c7ccc8c(c7)C(C)(C)C(=O)N8c7ccc(C#N)c(C(F)(F)F)c7)c(F)n6)C4)C5)cc31)C(=O)N(C1CCC(=O)NC1=O)C2=O. The van der Waals surface area contributed by atoms with Gasteiger partial charge in [-0.05, 0) is 117 Å². The van der Waals surface area contributed by atoms with Gasteiger partial charge in [-0.1, -0.05) is 6.07 Å². The molecule has 6 aliphatic heterocycles. The summed E-state index contributed by atoms with van der Waals surface area (Å²) in [6.45, 7) is 12.0. The molecule has 11 rings (SSSR count). The number of imide groups is 2. The second kappa shape index (κ2) is 15.7. The van der Waals surface area contributed by atoms with E-state index in [1.807, 2.05) is 23.6 Å². The van der Waals surface area contributed by atoms with Crippen LogP contribution in [0.5, 0.6) is 0 Å². The number of halogens is 4. The van der Waals surface area contributed by atoms with Gasteiger partial charge in [0.05, 0.1) is 39.4 Å². The van der Waals surface area contributed by atoms with E-state index >= 15 is 4.39 Å². The molecule has 69 heavy (non-hydrogen) atoms. The van der Waals surface area contributed by atoms with Gasteiger partial charge in [0.1, 0.15) is 17.6 Å². The van der Waals surface area contributed by atoms with Gasteiger partial charge in [0.15, 0.2) is 0 Å². The van der Waals surface area contributed by atoms with Crippen molar-refractivity contribution in [2.45, 2.75) is 70.6 Å². The Kier molecular flexibility index (Phi) is 10.1. The average molecular weight is 942 g/mol. The smallest absolute Gasteiger partial charge is 0.371 e. The number of rotatable bonds is 8. The number of likely N-dealkylation sites (tertiary alicyclic amines) is 1. The first-order chi connectivity index (χ1) is 32.9. The number of nitriles is 1. The maximum absolute atomic E-state index is 15.8. The predicted molar refractivity (Wildman–Crippen MR) is 246 cm³/mol. The van der Waals surface area contributed by atoms with Gasteiger partial charge in [0.25, 0.3) is 11.8 Å². The minimum absolute atomic E-state index is 0.0179. The van der Waals surface area contributed by atoms with Gasteiger partial charge in [-0.3, -0.25) is 39.1 Å². The summed E-state index contributed by atoms with van der Waals surface area (Å²) < 4.78 is 59.1. The highest BCUT2D eigenvalue weighted by Crippen LogP contribution is 2.49. The van der Waals surface area contributed by atoms with E-state index in [1.165, 1.54) is 11.0 Å². The number of fused-ring (bicyclic) bond motifs is 4. The van der Waals surface area contributed by atoms with Gasteiger partial charge in [-0.15, -0.1) is 0 Å². The van der Waals surface area contributed by atoms with Crippen LogP contribution >= 0.6 is 0 Å². The molecule has 6 aliphatic rings. The summed E-state index contributed by atoms with van der Waals surface area (Å²) in [6, 6.07) is 18.1. The van der Waals surface area contributed by atoms with Crippen LogP contribution in [-0.4, -0.2) is 101 Å². The Morgan fingerprint density at radius 2 is 1.62 bits per heavy atom. The van der Waals surface area contributed by atoms with Gasteiger partial charge >= 0.3 is 6.18 Å². The van der Waals surface area contributed by atoms with E-state index in [9.17, 15) is 42.4 Å². The van der Waals surface area contributed by atoms with Crippen LogP contribution in [0.4, 0.5) is 40.4 Å². The summed E-state index contributed by atoms with van der Waals surface area (Å²) in [5.74, 6) is -2.23. The minimum atomic E-state index is -4.79. The second-order valence-corrected chi connectivity index (χ2v) is 19.9. The van der Waals surface area contributed by atoms with Crippen LogP contribution in [0, 0.1) is 28.6 Å². The van der Waals surface area contributed by atoms with Crippen molar-refractivity contribution >= 4 is 63.3 Å². The number of pyridine rings is 1. The largest absolute Gasteiger partial charge is 0.417 e. The van der Waals surface area contributed by atoms with Crippen LogP contribution in [0.1, 0.15) is 84.0 Å². The van der Waals surface area contributed by atoms with Crippen molar-refractivity contribution < 1.29 is 41.5 Å². The number of piperidine rings is 2. The normalized spacial score (nSPS) is 21.2. The molecule has 0 bridgehead atoms. The van der Waals surface area contributed by atoms with Crippen molar-refractivity contribution in [2.75, 3.05) is 60.5 Å². The van der Waals surface area contributed by atoms with Gasteiger partial charge in [-0.25, -0.2) is 4.98 Å². The zero-order valence-electron chi connectivity index (χ0n) is 38.1. The number of carbonyl (C=O) groups excluding carboxylic acids is 5. The molecule has 1 N–H and O–H groups in total. The Labute approximate surface area is 394 Å². The number of aryl methyl sites for hydroxylation is 1. The molecule has 2 aromatic heterocycles. The molecule has 1 unspecified atom stereocenters. The topological polar surface area (TPSA) is 155 Å². The number of benzene rings is 3. The van der Waals surface area contributed by atoms with Gasteiger partial charge in [0.2, 0.25) is 23.7 Å². The van der Waals surface area contributed by atoms with Crippen LogP contribution in [0.3, 0.4) is 0 Å². The Hall–Kier alpha value is -7.13. The highest BCUT2D eigenvalue weighted by molar-refractivity contribution is 6.28. The molecule has 0 aliphatic carbocycles. The molecule has 5 aromatic rings. The Balaban J connectivity index is 0.693. The third-order valence-corrected chi connectivity index (χ3v) is 15.3. The van der Waals surface area contributed by atoms with Gasteiger partial charge < -0.3 is 19.3 Å². The number of aromatic nitrogens is 2. The molecular formula is C51H47F4N9O5. The Bertz CT molecular complexity index is 3120. The summed E-state index contributed by atoms with van der Waals surface area (Å²) >= 11 is 0. The number of hydrogen-bond acceptors (Lipinski definition) is 10. The summed E-state index contributed by atoms with van der Waals surface area (Å²) in [5, 5.41) is 12.2. The first kappa shape index (κ1) is 44.4. The molecule has 4 fully saturated rings. The fourth-order valence-corrected chi connectivity index (χ4v) is 11.6. The van der Waals surface area contributed by atoms with E-state index < -0.39 is 64.2 Å². The predicted octanol–water partition coefficient (Wildman–Crippen LogP) is 7.15. The number of amides is 5. The first-order valence-corrected chi connectivity index (χ1v) is 23.3. The zero-order valence-corrected chi connectivity index (χ0v) is 38.1. The third kappa shape index (κ3) is 6.98. The summed E-state index contributed by atoms with van der Waals surface area (Å²) in [6.07, 6.45) is -2.55. The van der Waals surface area contributed by atoms with Gasteiger partial charge in [-0.2, -0.15) is 22.8 Å². The van der Waals surface area contributed by atoms with Crippen molar-refractivity contribution in [1.29, 1.82) is 5.26 Å². The molecule has 4 saturated heterocycles. The molecule has 1 atom stereocenters. The molecule has 0 saturated carbocycles. The summed E-state index contributed by atoms with van der Waals surface area (Å²) in [7, 11) is 0. The average Bonchev–Trinajstić information content (AvgIpc) is 3.83. The van der Waals surface area contributed by atoms with Crippen LogP contribution in [-0.2, 0) is 32.5 Å². The molecule has 5 amide bonds. The number of nitrogens with one attached hydrogen (secondary N) is 1. The Morgan fingerprint density at radius 1 is 0.884 bits per heavy atom. The standard InChI is InChI=1S/C51H47F4N9O5/c1-4-62-39-21-31(8-9-34(39)42-43(62)47(68)64(46(42)67)38-12-14-41(65)58-45(38)66)60-17-15-50(16-18-60)26-59(27-50)23-28-24-61(25-28)40-13-10-33(44(52)57-40)29-6-11-37-36(19-29)49(2,3)48(69)63(37)32-7-5-30(22-56)35(20-32)51(53,54)55/h5-11,13,19-21,28,38H,4,12,14-18,23-27H2,1-3H3,(H,58,65,66). The third-order valence-electron chi connectivity index (χ3n) is 15.3. The molecule has 8 heterocycles. The lowest BCUT2D eigenvalue weighted by Gasteiger charge is -2.56. The minimum Gasteiger partial charge on any atom is -0.371 e. The van der Waals surface area contributed by atoms with Crippen molar-refractivity contribution in [3.05, 3.63) is 101 Å². The highest BCUT2D eigenvalue weighted by Gasteiger charge is 2.50. The molecule has 18 heteroatoms. The summed E-state index contributed by atoms with van der Waals surface area (Å²) in [4.78, 5) is 79.0. The maximum atomic E-state index is 15.8. The lowest BCUT2D eigenvalue weighted by atomic mass is 9.71. The van der Waals surface area contributed by atoms with E-state index in [-0.39, 0.29) is 35.2 Å². The number of alkyl halides is 3. The zero-order chi connectivity index (χ0) is 48.5. The number of anilines is 4. The van der Waals surface area contributed by atoms with Crippen LogP contribution < -0.4 is 20.0 Å². The maximum Gasteiger partial charge on any atom is 0.417 e. The molecule has 14 nitrogen and oxygen atoms in total. The quantitative estimate of drug-likeness (QED) is 0.0964. The highest BCUT2D eigenvalue weighted by atomic mass is 19.4. The van der Waals surface area contributed by atoms with Crippen LogP contribution in [0.25, 0.3) is 22.0 Å². The van der Waals surface area contributed by atoms with Crippen LogP contribution in [0.15, 0.2) is 66.7 Å². The van der Waals surface area contributed by atoms with E-state index in [0.717, 1.165) is 86.9 Å². The van der Waals surface area contributed by atoms with Crippen molar-refractivity contribution in [3.8, 4) is 17.2 Å². The lowest BCUT2D eigenvalue weighted by molar-refractivity contribution is -0.138. The Morgan fingerprint density at radius 3 is 2.30 bits per heavy atom. The monoisotopic (exact) mass is 941 g/mol. The molecule has 1 spiro atoms. The fourth-order valence-electron chi connectivity index (χ4n) is 11.6. The molecule has 3 aromatic carbocycles. The molecular weight excluding hydrogens is 895 g/mol. The van der Waals surface area contributed by atoms with E-state index in [1.54, 1.807) is 50.2 Å². The van der Waals surface area contributed by atoms with E-state index in [2.05, 4.69) is 31.1 Å². The van der Waals surface area contributed by atoms with Crippen LogP contribution in [0.2, 0.25) is 0 Å². The lowest BCUT2D eigenvalue weighted by Crippen LogP contribution is -2.63.